The number of aryl methyl sites for hydroxylation is 1. The standard InChI is InChI=1S/C10H15N3O.C10H19NO3/c1-8-6-10(13-7-12-8)14-9-2-4-11-5-3-9;1-10(2,3)14-9(13)11-6-4-8(12)5-7-11/h6-7,9,11H,2-5H2,1H3;8,12H,4-7H2,1-3H3. The van der Waals surface area contributed by atoms with Gasteiger partial charge in [0.25, 0.3) is 0 Å². The number of rotatable bonds is 2. The summed E-state index contributed by atoms with van der Waals surface area (Å²) in [5.41, 5.74) is 0.511. The van der Waals surface area contributed by atoms with E-state index >= 15 is 0 Å². The van der Waals surface area contributed by atoms with E-state index in [0.717, 1.165) is 31.6 Å². The fourth-order valence-electron chi connectivity index (χ4n) is 2.95. The van der Waals surface area contributed by atoms with Crippen LogP contribution in [0.3, 0.4) is 0 Å². The zero-order valence-electron chi connectivity index (χ0n) is 17.5. The van der Waals surface area contributed by atoms with Crippen molar-refractivity contribution in [3.8, 4) is 5.88 Å². The maximum absolute atomic E-state index is 11.5. The molecular weight excluding hydrogens is 360 g/mol. The quantitative estimate of drug-likeness (QED) is 0.794. The van der Waals surface area contributed by atoms with Crippen LogP contribution in [0.2, 0.25) is 0 Å². The van der Waals surface area contributed by atoms with Gasteiger partial charge in [0.05, 0.1) is 6.10 Å². The lowest BCUT2D eigenvalue weighted by Gasteiger charge is -2.31. The Morgan fingerprint density at radius 2 is 1.82 bits per heavy atom. The van der Waals surface area contributed by atoms with Crippen LogP contribution in [0, 0.1) is 6.92 Å². The van der Waals surface area contributed by atoms with Crippen molar-refractivity contribution in [3.63, 3.8) is 0 Å². The number of nitrogens with zero attached hydrogens (tertiary/aromatic N) is 3. The average Bonchev–Trinajstić information content (AvgIpc) is 2.62. The van der Waals surface area contributed by atoms with Gasteiger partial charge < -0.3 is 24.8 Å². The maximum Gasteiger partial charge on any atom is 0.410 e. The molecule has 0 bridgehead atoms. The number of aliphatic hydroxyl groups excluding tert-OH is 1. The molecule has 3 rings (SSSR count). The topological polar surface area (TPSA) is 96.8 Å². The fraction of sp³-hybridized carbons (Fsp3) is 0.750. The zero-order valence-corrected chi connectivity index (χ0v) is 17.5. The van der Waals surface area contributed by atoms with Crippen molar-refractivity contribution < 1.29 is 19.4 Å². The van der Waals surface area contributed by atoms with Gasteiger partial charge in [-0.25, -0.2) is 14.8 Å². The molecule has 2 aliphatic rings. The van der Waals surface area contributed by atoms with Gasteiger partial charge in [0.2, 0.25) is 5.88 Å². The molecule has 2 fully saturated rings. The van der Waals surface area contributed by atoms with E-state index in [1.165, 1.54) is 0 Å². The zero-order chi connectivity index (χ0) is 20.6. The van der Waals surface area contributed by atoms with Gasteiger partial charge in [-0.15, -0.1) is 0 Å². The van der Waals surface area contributed by atoms with Crippen molar-refractivity contribution in [2.24, 2.45) is 0 Å². The first-order chi connectivity index (χ1) is 13.2. The number of likely N-dealkylation sites (tertiary alicyclic amines) is 1. The molecule has 1 amide bonds. The summed E-state index contributed by atoms with van der Waals surface area (Å²) in [6.45, 7) is 10.8. The van der Waals surface area contributed by atoms with Gasteiger partial charge in [0, 0.05) is 24.8 Å². The third-order valence-electron chi connectivity index (χ3n) is 4.47. The van der Waals surface area contributed by atoms with Crippen molar-refractivity contribution in [1.82, 2.24) is 20.2 Å². The Morgan fingerprint density at radius 1 is 1.18 bits per heavy atom. The van der Waals surface area contributed by atoms with E-state index in [1.54, 1.807) is 11.2 Å². The molecule has 8 nitrogen and oxygen atoms in total. The van der Waals surface area contributed by atoms with E-state index in [9.17, 15) is 9.90 Å². The molecular formula is C20H34N4O4. The second-order valence-corrected chi connectivity index (χ2v) is 8.26. The highest BCUT2D eigenvalue weighted by molar-refractivity contribution is 5.68. The van der Waals surface area contributed by atoms with Crippen LogP contribution in [-0.2, 0) is 4.74 Å². The number of aliphatic hydroxyl groups is 1. The second-order valence-electron chi connectivity index (χ2n) is 8.26. The van der Waals surface area contributed by atoms with Gasteiger partial charge >= 0.3 is 6.09 Å². The van der Waals surface area contributed by atoms with Gasteiger partial charge in [-0.1, -0.05) is 0 Å². The first kappa shape index (κ1) is 22.4. The summed E-state index contributed by atoms with van der Waals surface area (Å²) in [5, 5.41) is 12.6. The third kappa shape index (κ3) is 8.39. The lowest BCUT2D eigenvalue weighted by molar-refractivity contribution is 0.0101. The Labute approximate surface area is 167 Å². The number of amides is 1. The predicted molar refractivity (Wildman–Crippen MR) is 106 cm³/mol. The molecule has 0 spiro atoms. The maximum atomic E-state index is 11.5. The molecule has 0 saturated carbocycles. The molecule has 28 heavy (non-hydrogen) atoms. The van der Waals surface area contributed by atoms with Gasteiger partial charge in [-0.3, -0.25) is 0 Å². The molecule has 2 N–H and O–H groups in total. The Hall–Kier alpha value is -1.93. The van der Waals surface area contributed by atoms with Gasteiger partial charge in [0.1, 0.15) is 18.0 Å². The molecule has 1 aromatic heterocycles. The summed E-state index contributed by atoms with van der Waals surface area (Å²) < 4.78 is 11.0. The third-order valence-corrected chi connectivity index (χ3v) is 4.47. The Morgan fingerprint density at radius 3 is 2.39 bits per heavy atom. The number of piperidine rings is 2. The van der Waals surface area contributed by atoms with E-state index in [-0.39, 0.29) is 12.2 Å². The van der Waals surface area contributed by atoms with Crippen LogP contribution in [0.4, 0.5) is 4.79 Å². The molecule has 0 radical (unpaired) electrons. The molecule has 0 aromatic carbocycles. The number of carbonyl (C=O) groups is 1. The predicted octanol–water partition coefficient (Wildman–Crippen LogP) is 2.29. The monoisotopic (exact) mass is 394 g/mol. The van der Waals surface area contributed by atoms with Crippen LogP contribution >= 0.6 is 0 Å². The molecule has 158 valence electrons. The molecule has 0 unspecified atom stereocenters. The lowest BCUT2D eigenvalue weighted by Crippen LogP contribution is -2.42. The van der Waals surface area contributed by atoms with Crippen molar-refractivity contribution in [2.75, 3.05) is 26.2 Å². The van der Waals surface area contributed by atoms with E-state index in [4.69, 9.17) is 9.47 Å². The summed E-state index contributed by atoms with van der Waals surface area (Å²) in [6.07, 6.45) is 4.75. The number of hydrogen-bond acceptors (Lipinski definition) is 7. The van der Waals surface area contributed by atoms with Crippen LogP contribution in [-0.4, -0.2) is 70.1 Å². The highest BCUT2D eigenvalue weighted by Crippen LogP contribution is 2.15. The summed E-state index contributed by atoms with van der Waals surface area (Å²) in [6, 6.07) is 1.88. The number of carbonyl (C=O) groups excluding carboxylic acids is 1. The van der Waals surface area contributed by atoms with Gasteiger partial charge in [-0.2, -0.15) is 0 Å². The van der Waals surface area contributed by atoms with Gasteiger partial charge in [-0.05, 0) is 66.5 Å². The number of aromatic nitrogens is 2. The highest BCUT2D eigenvalue weighted by Gasteiger charge is 2.25. The van der Waals surface area contributed by atoms with Crippen molar-refractivity contribution in [3.05, 3.63) is 18.1 Å². The van der Waals surface area contributed by atoms with Crippen LogP contribution in [0.5, 0.6) is 5.88 Å². The Bertz CT molecular complexity index is 606. The van der Waals surface area contributed by atoms with E-state index in [2.05, 4.69) is 15.3 Å². The van der Waals surface area contributed by atoms with E-state index < -0.39 is 5.60 Å². The highest BCUT2D eigenvalue weighted by atomic mass is 16.6. The summed E-state index contributed by atoms with van der Waals surface area (Å²) in [4.78, 5) is 21.3. The number of hydrogen-bond donors (Lipinski definition) is 2. The van der Waals surface area contributed by atoms with Crippen molar-refractivity contribution >= 4 is 6.09 Å². The molecule has 8 heteroatoms. The number of ether oxygens (including phenoxy) is 2. The minimum atomic E-state index is -0.437. The smallest absolute Gasteiger partial charge is 0.410 e. The molecule has 1 aromatic rings. The molecule has 2 aliphatic heterocycles. The van der Waals surface area contributed by atoms with Gasteiger partial charge in [0.15, 0.2) is 0 Å². The Kier molecular flexibility index (Phi) is 8.44. The van der Waals surface area contributed by atoms with Crippen molar-refractivity contribution in [1.29, 1.82) is 0 Å². The normalized spacial score (nSPS) is 18.8. The molecule has 0 atom stereocenters. The Balaban J connectivity index is 0.000000200. The molecule has 2 saturated heterocycles. The summed E-state index contributed by atoms with van der Waals surface area (Å²) in [5.74, 6) is 0.699. The largest absolute Gasteiger partial charge is 0.474 e. The fourth-order valence-corrected chi connectivity index (χ4v) is 2.95. The van der Waals surface area contributed by atoms with E-state index in [1.807, 2.05) is 33.8 Å². The number of nitrogens with one attached hydrogen (secondary N) is 1. The molecule has 0 aliphatic carbocycles. The summed E-state index contributed by atoms with van der Waals surface area (Å²) >= 11 is 0. The first-order valence-electron chi connectivity index (χ1n) is 10.0. The average molecular weight is 395 g/mol. The van der Waals surface area contributed by atoms with Crippen molar-refractivity contribution in [2.45, 2.75) is 71.2 Å². The summed E-state index contributed by atoms with van der Waals surface area (Å²) in [7, 11) is 0. The van der Waals surface area contributed by atoms with Crippen LogP contribution < -0.4 is 10.1 Å². The molecule has 3 heterocycles. The lowest BCUT2D eigenvalue weighted by atomic mass is 10.1. The second kappa shape index (κ2) is 10.6. The van der Waals surface area contributed by atoms with E-state index in [0.29, 0.717) is 37.9 Å². The van der Waals surface area contributed by atoms with Crippen LogP contribution in [0.15, 0.2) is 12.4 Å². The van der Waals surface area contributed by atoms with Crippen LogP contribution in [0.25, 0.3) is 0 Å². The minimum absolute atomic E-state index is 0.256. The SMILES string of the molecule is CC(C)(C)OC(=O)N1CCC(O)CC1.Cc1cc(OC2CCNCC2)ncn1. The minimum Gasteiger partial charge on any atom is -0.474 e. The van der Waals surface area contributed by atoms with Crippen LogP contribution in [0.1, 0.15) is 52.1 Å². The first-order valence-corrected chi connectivity index (χ1v) is 10.0.